The molecule has 15 nitrogen and oxygen atoms in total. The van der Waals surface area contributed by atoms with Crippen molar-refractivity contribution in [1.82, 2.24) is 0 Å². The highest BCUT2D eigenvalue weighted by Gasteiger charge is 2.47. The van der Waals surface area contributed by atoms with Crippen molar-refractivity contribution in [3.63, 3.8) is 0 Å². The second-order valence-corrected chi connectivity index (χ2v) is 17.0. The summed E-state index contributed by atoms with van der Waals surface area (Å²) in [7, 11) is 0. The van der Waals surface area contributed by atoms with Gasteiger partial charge in [-0.15, -0.1) is 0 Å². The van der Waals surface area contributed by atoms with E-state index in [0.717, 1.165) is 57.8 Å². The summed E-state index contributed by atoms with van der Waals surface area (Å²) in [6, 6.07) is 0. The number of hydrogen-bond acceptors (Lipinski definition) is 15. The fourth-order valence-electron chi connectivity index (χ4n) is 7.14. The molecule has 0 radical (unpaired) electrons. The minimum atomic E-state index is -1.78. The molecule has 0 amide bonds. The standard InChI is InChI=1S/C53H84O15/c1-3-5-7-9-11-13-15-17-18-19-20-21-22-24-25-27-29-31-33-35-44(55)63-38-41(66-45(56)36-34-32-30-28-26-23-16-14-12-10-8-6-4-2)39-64-52-51(62)49(60)47(58)43(68-52)40-65-53-50(61)48(59)46(57)42(37-54)67-53/h5-8,10-14,16-18,23,26,28,30,41-43,46-54,57-62H,3-4,9,15,19-22,24-25,27,29,31-40H2,1-2H3/b7-5+,8-6+,12-10+,13-11+,16-14+,18-17+,26-23+,30-28+/t41?,42-,43-,46+,47+,48?,49?,50?,51?,52-,53-/m1/s1. The highest BCUT2D eigenvalue weighted by molar-refractivity contribution is 5.70. The Morgan fingerprint density at radius 1 is 0.485 bits per heavy atom. The lowest BCUT2D eigenvalue weighted by Gasteiger charge is -2.42. The molecule has 5 unspecified atom stereocenters. The molecule has 0 bridgehead atoms. The monoisotopic (exact) mass is 961 g/mol. The first-order chi connectivity index (χ1) is 33.0. The Labute approximate surface area is 405 Å². The van der Waals surface area contributed by atoms with Crippen LogP contribution in [-0.2, 0) is 38.0 Å². The molecule has 0 aromatic carbocycles. The summed E-state index contributed by atoms with van der Waals surface area (Å²) < 4.78 is 33.4. The molecule has 2 heterocycles. The topological polar surface area (TPSA) is 231 Å². The zero-order chi connectivity index (χ0) is 49.6. The molecule has 2 saturated heterocycles. The van der Waals surface area contributed by atoms with Gasteiger partial charge in [-0.2, -0.15) is 0 Å². The normalized spacial score (nSPS) is 26.6. The number of rotatable bonds is 36. The fourth-order valence-corrected chi connectivity index (χ4v) is 7.14. The maximum Gasteiger partial charge on any atom is 0.306 e. The number of carbonyl (C=O) groups excluding carboxylic acids is 2. The van der Waals surface area contributed by atoms with Crippen LogP contribution >= 0.6 is 0 Å². The fraction of sp³-hybridized carbons (Fsp3) is 0.660. The van der Waals surface area contributed by atoms with E-state index >= 15 is 0 Å². The predicted octanol–water partition coefficient (Wildman–Crippen LogP) is 6.59. The zero-order valence-electron chi connectivity index (χ0n) is 40.5. The zero-order valence-corrected chi connectivity index (χ0v) is 40.5. The van der Waals surface area contributed by atoms with Crippen LogP contribution in [-0.4, -0.2) is 142 Å². The van der Waals surface area contributed by atoms with Crippen LogP contribution in [0.25, 0.3) is 0 Å². The maximum atomic E-state index is 12.9. The van der Waals surface area contributed by atoms with Crippen molar-refractivity contribution in [2.24, 2.45) is 0 Å². The van der Waals surface area contributed by atoms with Crippen LogP contribution in [0.1, 0.15) is 129 Å². The van der Waals surface area contributed by atoms with Gasteiger partial charge in [0.1, 0.15) is 55.4 Å². The smallest absolute Gasteiger partial charge is 0.306 e. The number of unbranched alkanes of at least 4 members (excludes halogenated alkanes) is 10. The quantitative estimate of drug-likeness (QED) is 0.0152. The molecule has 0 spiro atoms. The molecule has 2 fully saturated rings. The Bertz CT molecular complexity index is 1550. The van der Waals surface area contributed by atoms with Crippen LogP contribution in [0.3, 0.4) is 0 Å². The summed E-state index contributed by atoms with van der Waals surface area (Å²) >= 11 is 0. The molecule has 2 rings (SSSR count). The lowest BCUT2D eigenvalue weighted by molar-refractivity contribution is -0.332. The van der Waals surface area contributed by atoms with E-state index in [1.165, 1.54) is 25.7 Å². The van der Waals surface area contributed by atoms with Gasteiger partial charge >= 0.3 is 11.9 Å². The van der Waals surface area contributed by atoms with Gasteiger partial charge in [0.2, 0.25) is 0 Å². The molecule has 2 aliphatic heterocycles. The SMILES string of the molecule is CC/C=C/C=C/C=C/C=C/C=C/CCCC(=O)OC(COC(=O)CCCCCCCCCCC/C=C/C/C=C/C/C=C/CC)CO[C@@H]1O[C@H](CO[C@@H]2O[C@H](CO)[C@H](O)C(O)C2O)[C@H](O)C(O)C1O. The minimum absolute atomic E-state index is 0.0620. The number of hydrogen-bond donors (Lipinski definition) is 7. The summed E-state index contributed by atoms with van der Waals surface area (Å²) in [5, 5.41) is 72.0. The summed E-state index contributed by atoms with van der Waals surface area (Å²) in [6.45, 7) is 2.22. The molecule has 0 aromatic heterocycles. The third-order valence-corrected chi connectivity index (χ3v) is 11.2. The molecular formula is C53H84O15. The molecule has 11 atom stereocenters. The Balaban J connectivity index is 1.83. The second-order valence-electron chi connectivity index (χ2n) is 17.0. The van der Waals surface area contributed by atoms with Gasteiger partial charge in [0.15, 0.2) is 18.7 Å². The van der Waals surface area contributed by atoms with Crippen LogP contribution in [0.5, 0.6) is 0 Å². The van der Waals surface area contributed by atoms with Crippen molar-refractivity contribution in [1.29, 1.82) is 0 Å². The highest BCUT2D eigenvalue weighted by Crippen LogP contribution is 2.26. The van der Waals surface area contributed by atoms with Gasteiger partial charge in [-0.1, -0.05) is 156 Å². The van der Waals surface area contributed by atoms with E-state index in [9.17, 15) is 45.3 Å². The first-order valence-corrected chi connectivity index (χ1v) is 24.9. The average molecular weight is 961 g/mol. The molecule has 2 aliphatic rings. The number of allylic oxidation sites excluding steroid dienone is 16. The average Bonchev–Trinajstić information content (AvgIpc) is 3.33. The molecule has 0 aliphatic carbocycles. The molecule has 0 saturated carbocycles. The first-order valence-electron chi connectivity index (χ1n) is 24.9. The first kappa shape index (κ1) is 60.5. The number of aliphatic hydroxyl groups is 7. The summed E-state index contributed by atoms with van der Waals surface area (Å²) in [6.07, 6.45) is 31.7. The Kier molecular flexibility index (Phi) is 34.9. The van der Waals surface area contributed by atoms with Crippen LogP contribution in [0.15, 0.2) is 97.2 Å². The van der Waals surface area contributed by atoms with E-state index in [1.54, 1.807) is 0 Å². The summed E-state index contributed by atoms with van der Waals surface area (Å²) in [5.41, 5.74) is 0. The summed E-state index contributed by atoms with van der Waals surface area (Å²) in [4.78, 5) is 25.7. The molecule has 68 heavy (non-hydrogen) atoms. The number of aliphatic hydroxyl groups excluding tert-OH is 7. The van der Waals surface area contributed by atoms with Crippen LogP contribution in [0.2, 0.25) is 0 Å². The number of esters is 2. The largest absolute Gasteiger partial charge is 0.462 e. The van der Waals surface area contributed by atoms with E-state index in [4.69, 9.17) is 28.4 Å². The van der Waals surface area contributed by atoms with Crippen molar-refractivity contribution in [3.05, 3.63) is 97.2 Å². The third-order valence-electron chi connectivity index (χ3n) is 11.2. The Hall–Kier alpha value is -3.58. The lowest BCUT2D eigenvalue weighted by atomic mass is 9.98. The van der Waals surface area contributed by atoms with Gasteiger partial charge in [-0.05, 0) is 57.8 Å². The molecule has 15 heteroatoms. The number of carbonyl (C=O) groups is 2. The predicted molar refractivity (Wildman–Crippen MR) is 261 cm³/mol. The van der Waals surface area contributed by atoms with Crippen molar-refractivity contribution >= 4 is 11.9 Å². The van der Waals surface area contributed by atoms with Crippen molar-refractivity contribution in [3.8, 4) is 0 Å². The van der Waals surface area contributed by atoms with Crippen molar-refractivity contribution in [2.75, 3.05) is 26.4 Å². The van der Waals surface area contributed by atoms with Crippen molar-refractivity contribution < 1.29 is 73.8 Å². The molecule has 386 valence electrons. The van der Waals surface area contributed by atoms with Crippen LogP contribution in [0.4, 0.5) is 0 Å². The molecule has 0 aromatic rings. The van der Waals surface area contributed by atoms with Gasteiger partial charge in [0, 0.05) is 12.8 Å². The van der Waals surface area contributed by atoms with Gasteiger partial charge in [0.05, 0.1) is 19.8 Å². The second kappa shape index (κ2) is 39.2. The van der Waals surface area contributed by atoms with Gasteiger partial charge < -0.3 is 64.2 Å². The molecular weight excluding hydrogens is 877 g/mol. The summed E-state index contributed by atoms with van der Waals surface area (Å²) in [5.74, 6) is -1.03. The van der Waals surface area contributed by atoms with Gasteiger partial charge in [-0.3, -0.25) is 9.59 Å². The Morgan fingerprint density at radius 2 is 0.971 bits per heavy atom. The van der Waals surface area contributed by atoms with E-state index < -0.39 is 99.3 Å². The lowest BCUT2D eigenvalue weighted by Crippen LogP contribution is -2.61. The Morgan fingerprint density at radius 3 is 1.59 bits per heavy atom. The van der Waals surface area contributed by atoms with Gasteiger partial charge in [-0.25, -0.2) is 0 Å². The van der Waals surface area contributed by atoms with E-state index in [1.807, 2.05) is 54.7 Å². The van der Waals surface area contributed by atoms with Crippen LogP contribution in [0, 0.1) is 0 Å². The van der Waals surface area contributed by atoms with E-state index in [0.29, 0.717) is 19.3 Å². The molecule has 7 N–H and O–H groups in total. The number of ether oxygens (including phenoxy) is 6. The van der Waals surface area contributed by atoms with Gasteiger partial charge in [0.25, 0.3) is 0 Å². The third kappa shape index (κ3) is 27.0. The van der Waals surface area contributed by atoms with Crippen LogP contribution < -0.4 is 0 Å². The maximum absolute atomic E-state index is 12.9. The van der Waals surface area contributed by atoms with E-state index in [2.05, 4.69) is 56.4 Å². The van der Waals surface area contributed by atoms with Crippen molar-refractivity contribution in [2.45, 2.75) is 197 Å². The highest BCUT2D eigenvalue weighted by atomic mass is 16.7. The van der Waals surface area contributed by atoms with E-state index in [-0.39, 0.29) is 19.4 Å². The minimum Gasteiger partial charge on any atom is -0.462 e.